The number of hydrogen-bond donors (Lipinski definition) is 3. The number of carbonyl (C=O) groups excluding carboxylic acids is 1. The second kappa shape index (κ2) is 14.0. The standard InChI is InChI=1S/C20H24N2O2.C2H6.CH4N2O/c1-14-7-8-15(12-22-23-3)11-20(14)24-13-18-17(16-9-10-16)5-4-6-19(18)21-2;1-2;2-3-1-4/h4-8,11-12,16,21H,9-10,13H2,1-3H3;1-2H3;1H,2H2,(H,3,4)/b22-12+;;. The number of oxime groups is 1. The van der Waals surface area contributed by atoms with Crippen LogP contribution in [0.4, 0.5) is 5.69 Å². The molecule has 1 amide bonds. The first-order valence-corrected chi connectivity index (χ1v) is 10.1. The Labute approximate surface area is 179 Å². The van der Waals surface area contributed by atoms with Gasteiger partial charge in [-0.05, 0) is 54.5 Å². The molecule has 1 fully saturated rings. The molecule has 7 nitrogen and oxygen atoms in total. The summed E-state index contributed by atoms with van der Waals surface area (Å²) in [6, 6.07) is 12.5. The Balaban J connectivity index is 0.000000673. The molecule has 1 aliphatic carbocycles. The minimum absolute atomic E-state index is 0.403. The second-order valence-electron chi connectivity index (χ2n) is 6.41. The van der Waals surface area contributed by atoms with Gasteiger partial charge in [-0.2, -0.15) is 0 Å². The molecule has 0 radical (unpaired) electrons. The highest BCUT2D eigenvalue weighted by molar-refractivity contribution is 5.80. The van der Waals surface area contributed by atoms with Crippen molar-refractivity contribution in [2.75, 3.05) is 19.5 Å². The van der Waals surface area contributed by atoms with Crippen LogP contribution in [-0.4, -0.2) is 26.8 Å². The lowest BCUT2D eigenvalue weighted by Crippen LogP contribution is -2.18. The van der Waals surface area contributed by atoms with Crippen molar-refractivity contribution in [1.29, 1.82) is 0 Å². The molecule has 0 saturated heterocycles. The van der Waals surface area contributed by atoms with Crippen molar-refractivity contribution in [3.8, 4) is 5.75 Å². The number of hydrazine groups is 1. The molecular formula is C23H34N4O3. The Bertz CT molecular complexity index is 805. The highest BCUT2D eigenvalue weighted by Gasteiger charge is 2.27. The van der Waals surface area contributed by atoms with Gasteiger partial charge >= 0.3 is 0 Å². The fourth-order valence-corrected chi connectivity index (χ4v) is 2.89. The van der Waals surface area contributed by atoms with Crippen LogP contribution in [0.2, 0.25) is 0 Å². The van der Waals surface area contributed by atoms with Gasteiger partial charge in [-0.1, -0.05) is 43.3 Å². The lowest BCUT2D eigenvalue weighted by molar-refractivity contribution is -0.109. The maximum atomic E-state index is 8.94. The SMILES string of the molecule is CC.CNc1cccc(C2CC2)c1COc1cc(/C=N/OC)ccc1C.NNC=O. The van der Waals surface area contributed by atoms with Crippen LogP contribution in [0, 0.1) is 6.92 Å². The highest BCUT2D eigenvalue weighted by Crippen LogP contribution is 2.43. The maximum absolute atomic E-state index is 8.94. The maximum Gasteiger partial charge on any atom is 0.221 e. The lowest BCUT2D eigenvalue weighted by atomic mass is 10.0. The van der Waals surface area contributed by atoms with Gasteiger partial charge in [-0.15, -0.1) is 0 Å². The monoisotopic (exact) mass is 414 g/mol. The molecule has 0 atom stereocenters. The normalized spacial score (nSPS) is 12.1. The van der Waals surface area contributed by atoms with E-state index in [9.17, 15) is 0 Å². The van der Waals surface area contributed by atoms with Crippen LogP contribution in [0.25, 0.3) is 0 Å². The number of nitrogens with two attached hydrogens (primary N) is 1. The lowest BCUT2D eigenvalue weighted by Gasteiger charge is -2.16. The van der Waals surface area contributed by atoms with Crippen molar-refractivity contribution in [2.24, 2.45) is 11.0 Å². The molecule has 30 heavy (non-hydrogen) atoms. The van der Waals surface area contributed by atoms with Gasteiger partial charge in [-0.3, -0.25) is 10.2 Å². The van der Waals surface area contributed by atoms with Gasteiger partial charge in [-0.25, -0.2) is 5.84 Å². The molecule has 4 N–H and O–H groups in total. The molecule has 164 valence electrons. The van der Waals surface area contributed by atoms with Crippen LogP contribution in [0.1, 0.15) is 54.9 Å². The third-order valence-electron chi connectivity index (χ3n) is 4.46. The quantitative estimate of drug-likeness (QED) is 0.199. The average Bonchev–Trinajstić information content (AvgIpc) is 3.64. The Morgan fingerprint density at radius 3 is 2.50 bits per heavy atom. The van der Waals surface area contributed by atoms with E-state index >= 15 is 0 Å². The van der Waals surface area contributed by atoms with Gasteiger partial charge in [0.05, 0.1) is 6.21 Å². The largest absolute Gasteiger partial charge is 0.489 e. The predicted molar refractivity (Wildman–Crippen MR) is 123 cm³/mol. The van der Waals surface area contributed by atoms with Gasteiger partial charge in [0.1, 0.15) is 19.5 Å². The van der Waals surface area contributed by atoms with E-state index in [1.54, 1.807) is 11.6 Å². The molecule has 2 aromatic rings. The van der Waals surface area contributed by atoms with E-state index in [4.69, 9.17) is 14.4 Å². The minimum Gasteiger partial charge on any atom is -0.489 e. The third kappa shape index (κ3) is 7.75. The van der Waals surface area contributed by atoms with E-state index in [1.165, 1.54) is 31.1 Å². The van der Waals surface area contributed by atoms with Gasteiger partial charge < -0.3 is 14.9 Å². The first kappa shape index (κ1) is 25.0. The van der Waals surface area contributed by atoms with Crippen molar-refractivity contribution in [3.63, 3.8) is 0 Å². The number of ether oxygens (including phenoxy) is 1. The summed E-state index contributed by atoms with van der Waals surface area (Å²) in [5.41, 5.74) is 7.64. The Morgan fingerprint density at radius 2 is 1.93 bits per heavy atom. The van der Waals surface area contributed by atoms with E-state index < -0.39 is 0 Å². The molecule has 0 spiro atoms. The van der Waals surface area contributed by atoms with E-state index in [0.717, 1.165) is 22.6 Å². The molecule has 0 heterocycles. The zero-order chi connectivity index (χ0) is 22.4. The van der Waals surface area contributed by atoms with Crippen molar-refractivity contribution in [1.82, 2.24) is 5.43 Å². The molecular weight excluding hydrogens is 380 g/mol. The summed E-state index contributed by atoms with van der Waals surface area (Å²) >= 11 is 0. The summed E-state index contributed by atoms with van der Waals surface area (Å²) in [5, 5.41) is 7.10. The number of aryl methyl sites for hydroxylation is 1. The highest BCUT2D eigenvalue weighted by atomic mass is 16.6. The van der Waals surface area contributed by atoms with Gasteiger partial charge in [0.15, 0.2) is 0 Å². The summed E-state index contributed by atoms with van der Waals surface area (Å²) in [5.74, 6) is 5.98. The summed E-state index contributed by atoms with van der Waals surface area (Å²) in [7, 11) is 3.50. The predicted octanol–water partition coefficient (Wildman–Crippen LogP) is 4.11. The number of nitrogens with zero attached hydrogens (tertiary/aromatic N) is 1. The van der Waals surface area contributed by atoms with E-state index in [2.05, 4.69) is 41.4 Å². The van der Waals surface area contributed by atoms with Crippen LogP contribution in [0.15, 0.2) is 41.6 Å². The number of nitrogens with one attached hydrogen (secondary N) is 2. The fraction of sp³-hybridized carbons (Fsp3) is 0.391. The zero-order valence-corrected chi connectivity index (χ0v) is 18.6. The molecule has 2 aromatic carbocycles. The first-order valence-electron chi connectivity index (χ1n) is 10.1. The molecule has 0 unspecified atom stereocenters. The second-order valence-corrected chi connectivity index (χ2v) is 6.41. The number of rotatable bonds is 8. The molecule has 0 aromatic heterocycles. The topological polar surface area (TPSA) is 98.0 Å². The molecule has 3 rings (SSSR count). The van der Waals surface area contributed by atoms with Crippen molar-refractivity contribution in [3.05, 3.63) is 58.7 Å². The summed E-state index contributed by atoms with van der Waals surface area (Å²) in [6.07, 6.45) is 4.65. The molecule has 7 heteroatoms. The minimum atomic E-state index is 0.403. The number of amides is 1. The van der Waals surface area contributed by atoms with Crippen LogP contribution in [0.5, 0.6) is 5.75 Å². The van der Waals surface area contributed by atoms with Crippen LogP contribution in [0.3, 0.4) is 0 Å². The van der Waals surface area contributed by atoms with Crippen molar-refractivity contribution >= 4 is 18.3 Å². The number of hydrogen-bond acceptors (Lipinski definition) is 6. The van der Waals surface area contributed by atoms with Crippen LogP contribution >= 0.6 is 0 Å². The molecule has 0 aliphatic heterocycles. The van der Waals surface area contributed by atoms with Gasteiger partial charge in [0, 0.05) is 18.3 Å². The molecule has 0 bridgehead atoms. The van der Waals surface area contributed by atoms with E-state index in [-0.39, 0.29) is 0 Å². The number of anilines is 1. The third-order valence-corrected chi connectivity index (χ3v) is 4.46. The first-order chi connectivity index (χ1) is 14.6. The number of benzene rings is 2. The molecule has 1 saturated carbocycles. The Morgan fingerprint density at radius 1 is 1.23 bits per heavy atom. The van der Waals surface area contributed by atoms with E-state index in [1.807, 2.05) is 39.1 Å². The van der Waals surface area contributed by atoms with E-state index in [0.29, 0.717) is 18.9 Å². The summed E-state index contributed by atoms with van der Waals surface area (Å²) in [6.45, 7) is 6.62. The van der Waals surface area contributed by atoms with Gasteiger partial charge in [0.25, 0.3) is 0 Å². The smallest absolute Gasteiger partial charge is 0.221 e. The zero-order valence-electron chi connectivity index (χ0n) is 18.6. The number of carbonyl (C=O) groups is 1. The van der Waals surface area contributed by atoms with Crippen LogP contribution < -0.4 is 21.3 Å². The Kier molecular flexibility index (Phi) is 11.7. The summed E-state index contributed by atoms with van der Waals surface area (Å²) in [4.78, 5) is 13.7. The van der Waals surface area contributed by atoms with Crippen molar-refractivity contribution in [2.45, 2.75) is 46.1 Å². The average molecular weight is 415 g/mol. The van der Waals surface area contributed by atoms with Crippen LogP contribution in [-0.2, 0) is 16.2 Å². The fourth-order valence-electron chi connectivity index (χ4n) is 2.89. The molecule has 1 aliphatic rings. The van der Waals surface area contributed by atoms with Gasteiger partial charge in [0.2, 0.25) is 6.41 Å². The van der Waals surface area contributed by atoms with Crippen molar-refractivity contribution < 1.29 is 14.4 Å². The Hall–Kier alpha value is -3.06. The summed E-state index contributed by atoms with van der Waals surface area (Å²) < 4.78 is 6.16.